The molecule has 0 unspecified atom stereocenters. The molecule has 0 aromatic heterocycles. The summed E-state index contributed by atoms with van der Waals surface area (Å²) in [6, 6.07) is 16.1. The van der Waals surface area contributed by atoms with Crippen LogP contribution in [-0.2, 0) is 17.6 Å². The summed E-state index contributed by atoms with van der Waals surface area (Å²) in [5.41, 5.74) is -0.568. The van der Waals surface area contributed by atoms with Crippen LogP contribution in [0.3, 0.4) is 0 Å². The number of benzene rings is 3. The van der Waals surface area contributed by atoms with Gasteiger partial charge in [0.05, 0.1) is 17.6 Å². The molecule has 0 atom stereocenters. The van der Waals surface area contributed by atoms with Gasteiger partial charge in [0.2, 0.25) is 0 Å². The number of nitro benzene ring substituents is 1. The summed E-state index contributed by atoms with van der Waals surface area (Å²) in [4.78, 5) is 22.9. The van der Waals surface area contributed by atoms with Crippen LogP contribution in [0, 0.1) is 21.4 Å². The number of ether oxygens (including phenoxy) is 2. The number of alkyl halides is 3. The average molecular weight is 497 g/mol. The number of carbonyl (C=O) groups excluding carboxylic acids is 1. The van der Waals surface area contributed by atoms with E-state index in [-0.39, 0.29) is 29.3 Å². The Hall–Kier alpha value is -4.85. The minimum atomic E-state index is -4.59. The number of nitriles is 1. The van der Waals surface area contributed by atoms with Crippen molar-refractivity contribution in [3.63, 3.8) is 0 Å². The van der Waals surface area contributed by atoms with Gasteiger partial charge < -0.3 is 14.8 Å². The monoisotopic (exact) mass is 497 g/mol. The summed E-state index contributed by atoms with van der Waals surface area (Å²) in [5.74, 6) is -0.237. The minimum absolute atomic E-state index is 0.0182. The van der Waals surface area contributed by atoms with Gasteiger partial charge in [-0.25, -0.2) is 0 Å². The van der Waals surface area contributed by atoms with Crippen LogP contribution in [0.2, 0.25) is 0 Å². The van der Waals surface area contributed by atoms with Crippen molar-refractivity contribution in [3.05, 3.63) is 99.1 Å². The lowest BCUT2D eigenvalue weighted by Gasteiger charge is -2.12. The van der Waals surface area contributed by atoms with Crippen molar-refractivity contribution in [1.29, 1.82) is 5.26 Å². The molecule has 0 heterocycles. The Morgan fingerprint density at radius 1 is 1.14 bits per heavy atom. The average Bonchev–Trinajstić information content (AvgIpc) is 2.86. The molecule has 3 aromatic carbocycles. The van der Waals surface area contributed by atoms with E-state index >= 15 is 0 Å². The third-order valence-electron chi connectivity index (χ3n) is 4.87. The Balaban J connectivity index is 1.84. The normalized spacial score (nSPS) is 11.4. The van der Waals surface area contributed by atoms with E-state index in [4.69, 9.17) is 9.47 Å². The topological polar surface area (TPSA) is 114 Å². The zero-order valence-electron chi connectivity index (χ0n) is 18.7. The molecule has 0 aliphatic rings. The molecular weight excluding hydrogens is 479 g/mol. The molecule has 36 heavy (non-hydrogen) atoms. The second-order valence-electron chi connectivity index (χ2n) is 7.32. The first kappa shape index (κ1) is 25.8. The first-order valence-corrected chi connectivity index (χ1v) is 10.3. The fraction of sp³-hybridized carbons (Fsp3) is 0.120. The van der Waals surface area contributed by atoms with Gasteiger partial charge >= 0.3 is 6.18 Å². The van der Waals surface area contributed by atoms with Gasteiger partial charge in [0.15, 0.2) is 0 Å². The molecule has 0 aliphatic heterocycles. The summed E-state index contributed by atoms with van der Waals surface area (Å²) in [5, 5.41) is 22.6. The number of halogens is 3. The van der Waals surface area contributed by atoms with Crippen molar-refractivity contribution < 1.29 is 32.4 Å². The van der Waals surface area contributed by atoms with E-state index < -0.39 is 22.6 Å². The number of carbonyl (C=O) groups is 1. The summed E-state index contributed by atoms with van der Waals surface area (Å²) < 4.78 is 49.8. The third kappa shape index (κ3) is 6.60. The lowest BCUT2D eigenvalue weighted by Crippen LogP contribution is -2.14. The number of nitrogens with zero attached hydrogens (tertiary/aromatic N) is 2. The molecule has 0 bridgehead atoms. The van der Waals surface area contributed by atoms with Crippen molar-refractivity contribution in [3.8, 4) is 17.6 Å². The maximum Gasteiger partial charge on any atom is 0.416 e. The third-order valence-corrected chi connectivity index (χ3v) is 4.87. The van der Waals surface area contributed by atoms with E-state index in [0.717, 1.165) is 18.2 Å². The van der Waals surface area contributed by atoms with Crippen LogP contribution in [-0.4, -0.2) is 17.9 Å². The molecule has 0 aliphatic carbocycles. The maximum atomic E-state index is 12.9. The van der Waals surface area contributed by atoms with E-state index in [0.29, 0.717) is 16.9 Å². The molecule has 3 aromatic rings. The zero-order valence-corrected chi connectivity index (χ0v) is 18.7. The van der Waals surface area contributed by atoms with Crippen LogP contribution < -0.4 is 14.8 Å². The highest BCUT2D eigenvalue weighted by molar-refractivity contribution is 6.09. The number of anilines is 1. The zero-order chi connectivity index (χ0) is 26.3. The molecule has 1 N–H and O–H groups in total. The van der Waals surface area contributed by atoms with Crippen LogP contribution >= 0.6 is 0 Å². The molecule has 0 saturated heterocycles. The summed E-state index contributed by atoms with van der Waals surface area (Å²) in [7, 11) is 1.44. The van der Waals surface area contributed by atoms with Crippen molar-refractivity contribution in [2.24, 2.45) is 0 Å². The molecule has 0 saturated carbocycles. The first-order chi connectivity index (χ1) is 17.1. The van der Waals surface area contributed by atoms with Crippen molar-refractivity contribution >= 4 is 23.4 Å². The van der Waals surface area contributed by atoms with Gasteiger partial charge in [0.1, 0.15) is 29.7 Å². The molecule has 8 nitrogen and oxygen atoms in total. The molecule has 0 fully saturated rings. The number of nitro groups is 1. The van der Waals surface area contributed by atoms with Crippen LogP contribution in [0.4, 0.5) is 24.5 Å². The van der Waals surface area contributed by atoms with Crippen molar-refractivity contribution in [1.82, 2.24) is 0 Å². The van der Waals surface area contributed by atoms with Gasteiger partial charge in [0.25, 0.3) is 11.6 Å². The molecule has 3 rings (SSSR count). The SMILES string of the molecule is COc1ccc(/C=C(\C#N)C(=O)Nc2cccc(C(F)(F)F)c2)c(OCc2ccc([N+](=O)[O-])cc2)c1. The number of nitrogens with one attached hydrogen (secondary N) is 1. The fourth-order valence-corrected chi connectivity index (χ4v) is 3.04. The molecule has 1 amide bonds. The Morgan fingerprint density at radius 2 is 1.86 bits per heavy atom. The number of rotatable bonds is 8. The Kier molecular flexibility index (Phi) is 7.91. The van der Waals surface area contributed by atoms with E-state index in [1.165, 1.54) is 49.6 Å². The van der Waals surface area contributed by atoms with Gasteiger partial charge in [-0.05, 0) is 54.1 Å². The van der Waals surface area contributed by atoms with Gasteiger partial charge in [-0.3, -0.25) is 14.9 Å². The molecule has 184 valence electrons. The molecular formula is C25H18F3N3O5. The van der Waals surface area contributed by atoms with Gasteiger partial charge in [-0.2, -0.15) is 18.4 Å². The molecule has 0 spiro atoms. The van der Waals surface area contributed by atoms with Gasteiger partial charge in [0, 0.05) is 29.4 Å². The Labute approximate surface area is 203 Å². The highest BCUT2D eigenvalue weighted by Crippen LogP contribution is 2.31. The van der Waals surface area contributed by atoms with Gasteiger partial charge in [-0.15, -0.1) is 0 Å². The highest BCUT2D eigenvalue weighted by atomic mass is 19.4. The lowest BCUT2D eigenvalue weighted by atomic mass is 10.1. The summed E-state index contributed by atoms with van der Waals surface area (Å²) >= 11 is 0. The number of amides is 1. The van der Waals surface area contributed by atoms with Crippen molar-refractivity contribution in [2.45, 2.75) is 12.8 Å². The predicted octanol–water partition coefficient (Wildman–Crippen LogP) is 5.75. The maximum absolute atomic E-state index is 12.9. The largest absolute Gasteiger partial charge is 0.497 e. The Morgan fingerprint density at radius 3 is 2.47 bits per heavy atom. The number of hydrogen-bond acceptors (Lipinski definition) is 6. The van der Waals surface area contributed by atoms with Crippen LogP contribution in [0.15, 0.2) is 72.3 Å². The number of non-ortho nitro benzene ring substituents is 1. The molecule has 0 radical (unpaired) electrons. The lowest BCUT2D eigenvalue weighted by molar-refractivity contribution is -0.384. The van der Waals surface area contributed by atoms with Crippen LogP contribution in [0.25, 0.3) is 6.08 Å². The second kappa shape index (κ2) is 11.1. The predicted molar refractivity (Wildman–Crippen MR) is 124 cm³/mol. The quantitative estimate of drug-likeness (QED) is 0.184. The summed E-state index contributed by atoms with van der Waals surface area (Å²) in [6.07, 6.45) is -3.36. The van der Waals surface area contributed by atoms with Gasteiger partial charge in [-0.1, -0.05) is 6.07 Å². The number of methoxy groups -OCH3 is 1. The van der Waals surface area contributed by atoms with E-state index in [9.17, 15) is 33.3 Å². The van der Waals surface area contributed by atoms with E-state index in [2.05, 4.69) is 5.32 Å². The minimum Gasteiger partial charge on any atom is -0.497 e. The Bertz CT molecular complexity index is 1350. The fourth-order valence-electron chi connectivity index (χ4n) is 3.04. The standard InChI is InChI=1S/C25H18F3N3O5/c1-35-22-10-7-17(23(13-22)36-15-16-5-8-21(9-6-16)31(33)34)11-18(14-29)24(32)30-20-4-2-3-19(12-20)25(26,27)28/h2-13H,15H2,1H3,(H,30,32)/b18-11+. The number of hydrogen-bond donors (Lipinski definition) is 1. The smallest absolute Gasteiger partial charge is 0.416 e. The van der Waals surface area contributed by atoms with E-state index in [1.807, 2.05) is 0 Å². The van der Waals surface area contributed by atoms with E-state index in [1.54, 1.807) is 18.2 Å². The molecule has 11 heteroatoms. The highest BCUT2D eigenvalue weighted by Gasteiger charge is 2.30. The summed E-state index contributed by atoms with van der Waals surface area (Å²) in [6.45, 7) is 0.0182. The van der Waals surface area contributed by atoms with Crippen LogP contribution in [0.5, 0.6) is 11.5 Å². The van der Waals surface area contributed by atoms with Crippen LogP contribution in [0.1, 0.15) is 16.7 Å². The second-order valence-corrected chi connectivity index (χ2v) is 7.32. The van der Waals surface area contributed by atoms with Crippen molar-refractivity contribution in [2.75, 3.05) is 12.4 Å². The first-order valence-electron chi connectivity index (χ1n) is 10.3.